The maximum Gasteiger partial charge on any atom is 0.295 e. The maximum absolute atomic E-state index is 13.6. The van der Waals surface area contributed by atoms with Gasteiger partial charge in [0.1, 0.15) is 11.5 Å². The van der Waals surface area contributed by atoms with Crippen molar-refractivity contribution < 1.29 is 9.31 Å². The smallest absolute Gasteiger partial charge is 0.295 e. The molecule has 0 aromatic heterocycles. The number of rotatable bonds is 5. The third kappa shape index (κ3) is 3.91. The first-order valence-electron chi connectivity index (χ1n) is 7.12. The van der Waals surface area contributed by atoms with Crippen molar-refractivity contribution in [3.63, 3.8) is 0 Å². The minimum atomic E-state index is -0.610. The maximum atomic E-state index is 13.6. The molecule has 2 rings (SSSR count). The minimum absolute atomic E-state index is 0.179. The Morgan fingerprint density at radius 3 is 2.90 bits per heavy atom. The van der Waals surface area contributed by atoms with Crippen LogP contribution in [0.4, 0.5) is 15.8 Å². The number of benzene rings is 1. The quantitative estimate of drug-likeness (QED) is 0.647. The first-order valence-corrected chi connectivity index (χ1v) is 7.91. The zero-order chi connectivity index (χ0) is 15.4. The van der Waals surface area contributed by atoms with E-state index in [0.29, 0.717) is 18.2 Å². The molecule has 1 fully saturated rings. The number of anilines is 1. The lowest BCUT2D eigenvalue weighted by Gasteiger charge is -2.30. The number of nitro benzene ring substituents is 1. The molecule has 1 N–H and O–H groups in total. The summed E-state index contributed by atoms with van der Waals surface area (Å²) in [4.78, 5) is 12.6. The molecule has 0 spiro atoms. The van der Waals surface area contributed by atoms with E-state index in [4.69, 9.17) is 0 Å². The van der Waals surface area contributed by atoms with E-state index < -0.39 is 10.7 Å². The molecule has 0 amide bonds. The fourth-order valence-corrected chi connectivity index (χ4v) is 3.05. The number of nitro groups is 1. The summed E-state index contributed by atoms with van der Waals surface area (Å²) in [5.41, 5.74) is 0.294. The van der Waals surface area contributed by atoms with Gasteiger partial charge in [-0.05, 0) is 60.8 Å². The predicted molar refractivity (Wildman–Crippen MR) is 84.2 cm³/mol. The molecule has 7 heteroatoms. The second-order valence-electron chi connectivity index (χ2n) is 5.26. The summed E-state index contributed by atoms with van der Waals surface area (Å²) in [5.74, 6) is -0.150. The molecule has 116 valence electrons. The van der Waals surface area contributed by atoms with Crippen LogP contribution in [0, 0.1) is 21.8 Å². The summed E-state index contributed by atoms with van der Waals surface area (Å²) in [6, 6.07) is 2.49. The zero-order valence-electron chi connectivity index (χ0n) is 11.9. The average Bonchev–Trinajstić information content (AvgIpc) is 2.48. The predicted octanol–water partition coefficient (Wildman–Crippen LogP) is 3.32. The third-order valence-electron chi connectivity index (χ3n) is 3.81. The van der Waals surface area contributed by atoms with Gasteiger partial charge >= 0.3 is 0 Å². The van der Waals surface area contributed by atoms with Crippen molar-refractivity contribution in [1.82, 2.24) is 5.32 Å². The van der Waals surface area contributed by atoms with Crippen LogP contribution in [-0.4, -0.2) is 31.1 Å². The van der Waals surface area contributed by atoms with Gasteiger partial charge in [-0.3, -0.25) is 10.1 Å². The van der Waals surface area contributed by atoms with E-state index in [0.717, 1.165) is 38.5 Å². The molecular formula is C14H19BrFN3O2. The van der Waals surface area contributed by atoms with E-state index in [2.05, 4.69) is 21.2 Å². The van der Waals surface area contributed by atoms with Crippen LogP contribution in [0.25, 0.3) is 0 Å². The standard InChI is InChI=1S/C14H19BrFN3O2/c1-2-18(9-10-4-3-5-17-8-10)13-6-11(15)12(16)7-14(13)19(20)21/h6-7,10,17H,2-5,8-9H2,1H3. The Morgan fingerprint density at radius 2 is 2.33 bits per heavy atom. The monoisotopic (exact) mass is 359 g/mol. The first kappa shape index (κ1) is 16.2. The second kappa shape index (κ2) is 7.17. The van der Waals surface area contributed by atoms with Crippen molar-refractivity contribution in [2.45, 2.75) is 19.8 Å². The van der Waals surface area contributed by atoms with Crippen LogP contribution in [-0.2, 0) is 0 Å². The van der Waals surface area contributed by atoms with Gasteiger partial charge in [0.25, 0.3) is 5.69 Å². The van der Waals surface area contributed by atoms with E-state index in [9.17, 15) is 14.5 Å². The Hall–Kier alpha value is -1.21. The molecular weight excluding hydrogens is 341 g/mol. The van der Waals surface area contributed by atoms with Crippen LogP contribution in [0.1, 0.15) is 19.8 Å². The van der Waals surface area contributed by atoms with Gasteiger partial charge in [0, 0.05) is 13.1 Å². The van der Waals surface area contributed by atoms with Crippen molar-refractivity contribution in [2.24, 2.45) is 5.92 Å². The van der Waals surface area contributed by atoms with Crippen LogP contribution in [0.3, 0.4) is 0 Å². The molecule has 1 heterocycles. The lowest BCUT2D eigenvalue weighted by atomic mass is 9.98. The molecule has 1 aromatic carbocycles. The fraction of sp³-hybridized carbons (Fsp3) is 0.571. The van der Waals surface area contributed by atoms with E-state index in [1.165, 1.54) is 6.07 Å². The van der Waals surface area contributed by atoms with Crippen molar-refractivity contribution in [1.29, 1.82) is 0 Å². The molecule has 0 aliphatic carbocycles. The van der Waals surface area contributed by atoms with Crippen molar-refractivity contribution in [3.05, 3.63) is 32.5 Å². The summed E-state index contributed by atoms with van der Waals surface area (Å²) < 4.78 is 13.8. The molecule has 5 nitrogen and oxygen atoms in total. The highest BCUT2D eigenvalue weighted by atomic mass is 79.9. The Bertz CT molecular complexity index is 521. The number of piperidine rings is 1. The van der Waals surface area contributed by atoms with Gasteiger partial charge in [0.2, 0.25) is 0 Å². The number of nitrogens with zero attached hydrogens (tertiary/aromatic N) is 2. The first-order chi connectivity index (χ1) is 10.0. The van der Waals surface area contributed by atoms with Crippen molar-refractivity contribution >= 4 is 27.3 Å². The van der Waals surface area contributed by atoms with E-state index >= 15 is 0 Å². The lowest BCUT2D eigenvalue weighted by Crippen LogP contribution is -2.38. The lowest BCUT2D eigenvalue weighted by molar-refractivity contribution is -0.384. The fourth-order valence-electron chi connectivity index (χ4n) is 2.71. The summed E-state index contributed by atoms with van der Waals surface area (Å²) in [6.07, 6.45) is 2.23. The highest BCUT2D eigenvalue weighted by Gasteiger charge is 2.24. The van der Waals surface area contributed by atoms with Crippen LogP contribution in [0.5, 0.6) is 0 Å². The second-order valence-corrected chi connectivity index (χ2v) is 6.12. The van der Waals surface area contributed by atoms with Gasteiger partial charge in [0.05, 0.1) is 15.5 Å². The van der Waals surface area contributed by atoms with Gasteiger partial charge < -0.3 is 10.2 Å². The number of hydrogen-bond donors (Lipinski definition) is 1. The molecule has 1 aromatic rings. The molecule has 1 saturated heterocycles. The number of hydrogen-bond acceptors (Lipinski definition) is 4. The summed E-state index contributed by atoms with van der Waals surface area (Å²) in [5, 5.41) is 14.5. The summed E-state index contributed by atoms with van der Waals surface area (Å²) in [7, 11) is 0. The topological polar surface area (TPSA) is 58.4 Å². The largest absolute Gasteiger partial charge is 0.366 e. The zero-order valence-corrected chi connectivity index (χ0v) is 13.5. The molecule has 1 aliphatic rings. The molecule has 0 radical (unpaired) electrons. The minimum Gasteiger partial charge on any atom is -0.366 e. The van der Waals surface area contributed by atoms with Crippen molar-refractivity contribution in [3.8, 4) is 0 Å². The van der Waals surface area contributed by atoms with Crippen LogP contribution in [0.2, 0.25) is 0 Å². The Balaban J connectivity index is 2.27. The van der Waals surface area contributed by atoms with Crippen LogP contribution in [0.15, 0.2) is 16.6 Å². The van der Waals surface area contributed by atoms with E-state index in [1.54, 1.807) is 0 Å². The van der Waals surface area contributed by atoms with E-state index in [-0.39, 0.29) is 10.2 Å². The van der Waals surface area contributed by atoms with Crippen molar-refractivity contribution in [2.75, 3.05) is 31.1 Å². The van der Waals surface area contributed by atoms with Crippen LogP contribution >= 0.6 is 15.9 Å². The van der Waals surface area contributed by atoms with Gasteiger partial charge in [-0.2, -0.15) is 0 Å². The molecule has 1 aliphatic heterocycles. The molecule has 0 bridgehead atoms. The van der Waals surface area contributed by atoms with Gasteiger partial charge in [-0.25, -0.2) is 4.39 Å². The Kier molecular flexibility index (Phi) is 5.52. The van der Waals surface area contributed by atoms with Gasteiger partial charge in [0.15, 0.2) is 0 Å². The highest BCUT2D eigenvalue weighted by molar-refractivity contribution is 9.10. The third-order valence-corrected chi connectivity index (χ3v) is 4.42. The number of nitrogens with one attached hydrogen (secondary N) is 1. The van der Waals surface area contributed by atoms with Crippen LogP contribution < -0.4 is 10.2 Å². The Labute approximate surface area is 131 Å². The van der Waals surface area contributed by atoms with Gasteiger partial charge in [-0.1, -0.05) is 0 Å². The normalized spacial score (nSPS) is 18.5. The molecule has 21 heavy (non-hydrogen) atoms. The Morgan fingerprint density at radius 1 is 1.57 bits per heavy atom. The average molecular weight is 360 g/mol. The SMILES string of the molecule is CCN(CC1CCCNC1)c1cc(Br)c(F)cc1[N+](=O)[O-]. The van der Waals surface area contributed by atoms with E-state index in [1.807, 2.05) is 11.8 Å². The molecule has 1 atom stereocenters. The molecule has 0 saturated carbocycles. The summed E-state index contributed by atoms with van der Waals surface area (Å²) >= 11 is 3.12. The highest BCUT2D eigenvalue weighted by Crippen LogP contribution is 2.34. The number of halogens is 2. The summed E-state index contributed by atoms with van der Waals surface area (Å²) in [6.45, 7) is 5.30. The molecule has 1 unspecified atom stereocenters. The van der Waals surface area contributed by atoms with Gasteiger partial charge in [-0.15, -0.1) is 0 Å².